The van der Waals surface area contributed by atoms with Crippen LogP contribution < -0.4 is 0 Å². The molecule has 0 heterocycles. The molecule has 0 spiro atoms. The van der Waals surface area contributed by atoms with Gasteiger partial charge in [-0.15, -0.1) is 0 Å². The standard InChI is InChI=1S/C31H56O3Si2/c1-27(2,3)35(9,10)33-31(34-36(11,12)28(4,5)6)20-17-24-26-23(16-19-30(24,31)8)29(7)18-14-13-15-22(29)21-25(26)32/h21,23-24,26H,13-20H2,1-12H3/t23-,24+,26-,29+,30+/m1/s1. The molecule has 5 atom stereocenters. The molecule has 0 amide bonds. The van der Waals surface area contributed by atoms with Crippen LogP contribution in [0.5, 0.6) is 0 Å². The van der Waals surface area contributed by atoms with Crippen molar-refractivity contribution in [3.8, 4) is 0 Å². The summed E-state index contributed by atoms with van der Waals surface area (Å²) in [6, 6.07) is 0. The first-order valence-electron chi connectivity index (χ1n) is 14.9. The smallest absolute Gasteiger partial charge is 0.195 e. The van der Waals surface area contributed by atoms with Gasteiger partial charge in [-0.2, -0.15) is 0 Å². The minimum Gasteiger partial charge on any atom is -0.390 e. The summed E-state index contributed by atoms with van der Waals surface area (Å²) in [4.78, 5) is 13.9. The van der Waals surface area contributed by atoms with Gasteiger partial charge in [0.25, 0.3) is 0 Å². The van der Waals surface area contributed by atoms with E-state index in [1.54, 1.807) is 0 Å². The molecule has 0 aromatic heterocycles. The number of fused-ring (bicyclic) bond motifs is 5. The third-order valence-electron chi connectivity index (χ3n) is 12.4. The van der Waals surface area contributed by atoms with E-state index in [0.29, 0.717) is 17.6 Å². The van der Waals surface area contributed by atoms with Gasteiger partial charge in [-0.3, -0.25) is 4.79 Å². The molecule has 3 fully saturated rings. The van der Waals surface area contributed by atoms with Gasteiger partial charge < -0.3 is 8.85 Å². The molecule has 0 bridgehead atoms. The highest BCUT2D eigenvalue weighted by atomic mass is 28.4. The van der Waals surface area contributed by atoms with E-state index in [1.807, 2.05) is 0 Å². The van der Waals surface area contributed by atoms with Crippen molar-refractivity contribution in [3.05, 3.63) is 11.6 Å². The van der Waals surface area contributed by atoms with Crippen molar-refractivity contribution in [1.29, 1.82) is 0 Å². The zero-order chi connectivity index (χ0) is 27.2. The summed E-state index contributed by atoms with van der Waals surface area (Å²) in [7, 11) is -4.26. The maximum atomic E-state index is 13.9. The molecular formula is C31H56O3Si2. The van der Waals surface area contributed by atoms with Gasteiger partial charge in [0.15, 0.2) is 28.2 Å². The van der Waals surface area contributed by atoms with Crippen LogP contribution in [-0.2, 0) is 13.6 Å². The molecular weight excluding hydrogens is 477 g/mol. The zero-order valence-electron chi connectivity index (χ0n) is 25.7. The van der Waals surface area contributed by atoms with E-state index in [2.05, 4.69) is 87.7 Å². The molecule has 206 valence electrons. The topological polar surface area (TPSA) is 35.5 Å². The first kappa shape index (κ1) is 28.8. The Labute approximate surface area is 224 Å². The maximum Gasteiger partial charge on any atom is 0.195 e. The van der Waals surface area contributed by atoms with Crippen molar-refractivity contribution in [2.24, 2.45) is 28.6 Å². The Morgan fingerprint density at radius 2 is 1.33 bits per heavy atom. The number of carbonyl (C=O) groups is 1. The van der Waals surface area contributed by atoms with Gasteiger partial charge in [-0.1, -0.05) is 67.4 Å². The largest absolute Gasteiger partial charge is 0.390 e. The van der Waals surface area contributed by atoms with E-state index >= 15 is 0 Å². The highest BCUT2D eigenvalue weighted by Crippen LogP contribution is 2.69. The Bertz CT molecular complexity index is 893. The molecule has 4 rings (SSSR count). The average Bonchev–Trinajstić information content (AvgIpc) is 2.98. The monoisotopic (exact) mass is 532 g/mol. The summed E-state index contributed by atoms with van der Waals surface area (Å²) >= 11 is 0. The molecule has 4 aliphatic rings. The van der Waals surface area contributed by atoms with Gasteiger partial charge in [-0.25, -0.2) is 0 Å². The van der Waals surface area contributed by atoms with E-state index in [9.17, 15) is 4.79 Å². The lowest BCUT2D eigenvalue weighted by Gasteiger charge is -2.61. The van der Waals surface area contributed by atoms with Crippen LogP contribution in [-0.4, -0.2) is 28.2 Å². The second-order valence-corrected chi connectivity index (χ2v) is 25.9. The lowest BCUT2D eigenvalue weighted by atomic mass is 9.47. The van der Waals surface area contributed by atoms with Crippen molar-refractivity contribution < 1.29 is 13.6 Å². The lowest BCUT2D eigenvalue weighted by Crippen LogP contribution is -2.64. The van der Waals surface area contributed by atoms with Crippen molar-refractivity contribution in [2.45, 2.75) is 149 Å². The summed E-state index contributed by atoms with van der Waals surface area (Å²) in [5, 5.41) is 0.215. The molecule has 3 nitrogen and oxygen atoms in total. The Balaban J connectivity index is 1.80. The molecule has 0 aromatic carbocycles. The quantitative estimate of drug-likeness (QED) is 0.267. The summed E-state index contributed by atoms with van der Waals surface area (Å²) in [5.74, 6) is 0.783. The maximum absolute atomic E-state index is 13.9. The van der Waals surface area contributed by atoms with Crippen LogP contribution in [0, 0.1) is 28.6 Å². The second kappa shape index (κ2) is 8.63. The highest BCUT2D eigenvalue weighted by molar-refractivity contribution is 6.75. The molecule has 0 aromatic rings. The minimum atomic E-state index is -2.13. The van der Waals surface area contributed by atoms with E-state index in [1.165, 1.54) is 24.8 Å². The molecule has 0 radical (unpaired) electrons. The van der Waals surface area contributed by atoms with E-state index in [4.69, 9.17) is 8.85 Å². The summed E-state index contributed by atoms with van der Waals surface area (Å²) in [5.41, 5.74) is 1.54. The van der Waals surface area contributed by atoms with Crippen LogP contribution in [0.2, 0.25) is 36.3 Å². The number of carbonyl (C=O) groups excluding carboxylic acids is 1. The Morgan fingerprint density at radius 1 is 0.806 bits per heavy atom. The minimum absolute atomic E-state index is 0.107. The first-order chi connectivity index (χ1) is 16.2. The zero-order valence-corrected chi connectivity index (χ0v) is 27.7. The second-order valence-electron chi connectivity index (χ2n) is 16.4. The van der Waals surface area contributed by atoms with E-state index in [-0.39, 0.29) is 26.8 Å². The van der Waals surface area contributed by atoms with Gasteiger partial charge in [-0.05, 0) is 98.1 Å². The van der Waals surface area contributed by atoms with Crippen molar-refractivity contribution in [1.82, 2.24) is 0 Å². The molecule has 3 saturated carbocycles. The Hall–Kier alpha value is -0.236. The molecule has 0 unspecified atom stereocenters. The Kier molecular flexibility index (Phi) is 6.90. The van der Waals surface area contributed by atoms with Gasteiger partial charge >= 0.3 is 0 Å². The molecule has 0 N–H and O–H groups in total. The number of hydrogen-bond acceptors (Lipinski definition) is 3. The van der Waals surface area contributed by atoms with Gasteiger partial charge in [0, 0.05) is 17.8 Å². The average molecular weight is 533 g/mol. The third kappa shape index (κ3) is 4.21. The number of allylic oxidation sites excluding steroid dienone is 2. The normalized spacial score (nSPS) is 37.2. The molecule has 0 saturated heterocycles. The van der Waals surface area contributed by atoms with E-state index in [0.717, 1.165) is 32.1 Å². The predicted octanol–water partition coefficient (Wildman–Crippen LogP) is 9.26. The lowest BCUT2D eigenvalue weighted by molar-refractivity contribution is -0.224. The fourth-order valence-electron chi connectivity index (χ4n) is 7.88. The predicted molar refractivity (Wildman–Crippen MR) is 156 cm³/mol. The van der Waals surface area contributed by atoms with Crippen LogP contribution in [0.1, 0.15) is 107 Å². The van der Waals surface area contributed by atoms with Crippen LogP contribution in [0.4, 0.5) is 0 Å². The molecule has 36 heavy (non-hydrogen) atoms. The van der Waals surface area contributed by atoms with Crippen LogP contribution in [0.25, 0.3) is 0 Å². The fourth-order valence-corrected chi connectivity index (χ4v) is 11.0. The van der Waals surface area contributed by atoms with Crippen LogP contribution in [0.3, 0.4) is 0 Å². The van der Waals surface area contributed by atoms with E-state index < -0.39 is 22.4 Å². The molecule has 5 heteroatoms. The van der Waals surface area contributed by atoms with Crippen LogP contribution in [0.15, 0.2) is 11.6 Å². The number of hydrogen-bond donors (Lipinski definition) is 0. The highest BCUT2D eigenvalue weighted by Gasteiger charge is 2.69. The van der Waals surface area contributed by atoms with Crippen molar-refractivity contribution >= 4 is 22.4 Å². The van der Waals surface area contributed by atoms with Crippen molar-refractivity contribution in [2.75, 3.05) is 0 Å². The fraction of sp³-hybridized carbons (Fsp3) is 0.903. The summed E-state index contributed by atoms with van der Waals surface area (Å²) in [6.07, 6.45) is 11.2. The summed E-state index contributed by atoms with van der Waals surface area (Å²) < 4.78 is 15.1. The molecule has 0 aliphatic heterocycles. The number of rotatable bonds is 4. The first-order valence-corrected chi connectivity index (χ1v) is 20.7. The molecule has 4 aliphatic carbocycles. The SMILES string of the molecule is CC(C)(C)[Si](C)(C)OC1(O[Si](C)(C)C(C)(C)C)CC[C@H]2[C@@H]3C(=O)C=C4CCCC[C@]4(C)[C@@H]3CC[C@@]21C. The third-order valence-corrected chi connectivity index (χ3v) is 21.3. The number of ketones is 1. The van der Waals surface area contributed by atoms with Gasteiger partial charge in [0.05, 0.1) is 0 Å². The van der Waals surface area contributed by atoms with Gasteiger partial charge in [0.1, 0.15) is 0 Å². The Morgan fingerprint density at radius 3 is 1.86 bits per heavy atom. The van der Waals surface area contributed by atoms with Gasteiger partial charge in [0.2, 0.25) is 0 Å². The van der Waals surface area contributed by atoms with Crippen LogP contribution >= 0.6 is 0 Å². The van der Waals surface area contributed by atoms with Crippen molar-refractivity contribution in [3.63, 3.8) is 0 Å². The summed E-state index contributed by atoms with van der Waals surface area (Å²) in [6.45, 7) is 28.5.